The molecule has 0 aliphatic heterocycles. The van der Waals surface area contributed by atoms with Crippen molar-refractivity contribution < 1.29 is 24.5 Å². The van der Waals surface area contributed by atoms with Gasteiger partial charge in [0.15, 0.2) is 0 Å². The maximum Gasteiger partial charge on any atom is 0.305 e. The monoisotopic (exact) mass is 1120 g/mol. The Morgan fingerprint density at radius 2 is 0.588 bits per heavy atom. The number of aliphatic hydroxyl groups is 2. The van der Waals surface area contributed by atoms with E-state index in [2.05, 4.69) is 43.5 Å². The van der Waals surface area contributed by atoms with Crippen molar-refractivity contribution in [1.82, 2.24) is 5.32 Å². The van der Waals surface area contributed by atoms with Crippen molar-refractivity contribution in [3.63, 3.8) is 0 Å². The van der Waals surface area contributed by atoms with Crippen molar-refractivity contribution in [2.75, 3.05) is 13.2 Å². The quantitative estimate of drug-likeness (QED) is 0.0320. The molecule has 0 bridgehead atoms. The lowest BCUT2D eigenvalue weighted by atomic mass is 10.0. The van der Waals surface area contributed by atoms with Crippen LogP contribution in [0.5, 0.6) is 0 Å². The van der Waals surface area contributed by atoms with Gasteiger partial charge in [0.25, 0.3) is 0 Å². The van der Waals surface area contributed by atoms with Crippen LogP contribution in [0.15, 0.2) is 36.5 Å². The first-order valence-corrected chi connectivity index (χ1v) is 36.3. The molecule has 0 saturated heterocycles. The van der Waals surface area contributed by atoms with Gasteiger partial charge in [-0.3, -0.25) is 9.59 Å². The third kappa shape index (κ3) is 65.2. The van der Waals surface area contributed by atoms with Gasteiger partial charge in [0.05, 0.1) is 25.4 Å². The van der Waals surface area contributed by atoms with Gasteiger partial charge in [-0.25, -0.2) is 0 Å². The highest BCUT2D eigenvalue weighted by Gasteiger charge is 2.18. The summed E-state index contributed by atoms with van der Waals surface area (Å²) < 4.78 is 5.50. The minimum Gasteiger partial charge on any atom is -0.466 e. The molecule has 1 amide bonds. The summed E-state index contributed by atoms with van der Waals surface area (Å²) >= 11 is 0. The number of allylic oxidation sites excluding steroid dienone is 5. The number of rotatable bonds is 68. The van der Waals surface area contributed by atoms with Crippen molar-refractivity contribution in [3.8, 4) is 0 Å². The fraction of sp³-hybridized carbons (Fsp3) is 0.892. The molecular weight excluding hydrogens is 983 g/mol. The number of unbranched alkanes of at least 4 members (excludes halogenated alkanes) is 53. The fourth-order valence-corrected chi connectivity index (χ4v) is 11.3. The molecule has 0 aromatic carbocycles. The first-order chi connectivity index (χ1) is 39.5. The number of carbonyl (C=O) groups is 2. The highest BCUT2D eigenvalue weighted by molar-refractivity contribution is 5.76. The van der Waals surface area contributed by atoms with Gasteiger partial charge in [-0.2, -0.15) is 0 Å². The Morgan fingerprint density at radius 1 is 0.338 bits per heavy atom. The number of esters is 1. The van der Waals surface area contributed by atoms with E-state index in [4.69, 9.17) is 4.74 Å². The van der Waals surface area contributed by atoms with Crippen LogP contribution in [-0.2, 0) is 14.3 Å². The molecule has 2 unspecified atom stereocenters. The van der Waals surface area contributed by atoms with Gasteiger partial charge in [0.1, 0.15) is 0 Å². The van der Waals surface area contributed by atoms with Gasteiger partial charge in [0.2, 0.25) is 5.91 Å². The van der Waals surface area contributed by atoms with Crippen molar-refractivity contribution in [1.29, 1.82) is 0 Å². The van der Waals surface area contributed by atoms with Crippen LogP contribution >= 0.6 is 0 Å². The summed E-state index contributed by atoms with van der Waals surface area (Å²) in [6.07, 6.45) is 89.7. The Balaban J connectivity index is 3.32. The Bertz CT molecular complexity index is 1300. The van der Waals surface area contributed by atoms with Crippen LogP contribution in [-0.4, -0.2) is 47.4 Å². The number of carbonyl (C=O) groups excluding carboxylic acids is 2. The molecule has 80 heavy (non-hydrogen) atoms. The molecule has 0 aliphatic rings. The molecule has 2 atom stereocenters. The van der Waals surface area contributed by atoms with E-state index in [-0.39, 0.29) is 18.5 Å². The van der Waals surface area contributed by atoms with Crippen LogP contribution in [0.4, 0.5) is 0 Å². The van der Waals surface area contributed by atoms with E-state index in [1.165, 1.54) is 327 Å². The number of hydrogen-bond acceptors (Lipinski definition) is 5. The maximum absolute atomic E-state index is 12.4. The lowest BCUT2D eigenvalue weighted by molar-refractivity contribution is -0.143. The molecule has 0 aromatic rings. The largest absolute Gasteiger partial charge is 0.466 e. The minimum absolute atomic E-state index is 0.0170. The molecule has 472 valence electrons. The summed E-state index contributed by atoms with van der Waals surface area (Å²) in [5.74, 6) is -0.0472. The van der Waals surface area contributed by atoms with Crippen LogP contribution < -0.4 is 5.32 Å². The number of hydrogen-bond donors (Lipinski definition) is 3. The van der Waals surface area contributed by atoms with E-state index in [0.29, 0.717) is 19.4 Å². The van der Waals surface area contributed by atoms with E-state index < -0.39 is 12.1 Å². The molecule has 0 rings (SSSR count). The van der Waals surface area contributed by atoms with Gasteiger partial charge in [-0.05, 0) is 83.5 Å². The van der Waals surface area contributed by atoms with E-state index in [1.54, 1.807) is 6.08 Å². The predicted octanol–water partition coefficient (Wildman–Crippen LogP) is 23.5. The lowest BCUT2D eigenvalue weighted by Gasteiger charge is -2.20. The Kier molecular flexibility index (Phi) is 67.9. The Hall–Kier alpha value is -1.92. The zero-order valence-electron chi connectivity index (χ0n) is 54.1. The molecule has 0 saturated carbocycles. The average Bonchev–Trinajstić information content (AvgIpc) is 3.46. The van der Waals surface area contributed by atoms with Gasteiger partial charge in [-0.15, -0.1) is 0 Å². The first kappa shape index (κ1) is 78.1. The molecule has 0 radical (unpaired) electrons. The molecule has 0 spiro atoms. The number of aliphatic hydroxyl groups excluding tert-OH is 2. The van der Waals surface area contributed by atoms with Crippen LogP contribution in [0.25, 0.3) is 0 Å². The summed E-state index contributed by atoms with van der Waals surface area (Å²) in [6, 6.07) is -0.624. The molecule has 0 aromatic heterocycles. The summed E-state index contributed by atoms with van der Waals surface area (Å²) in [6.45, 7) is 4.91. The third-order valence-corrected chi connectivity index (χ3v) is 16.9. The Morgan fingerprint density at radius 3 is 0.887 bits per heavy atom. The fourth-order valence-electron chi connectivity index (χ4n) is 11.3. The SMILES string of the molecule is CCCCCCCC/C=C\CCCCCCCCCC(=O)OCCCCCCCCCCCCCCCC/C=C\CCCCCCCCCCCCCCCCCCCC(=O)NC(CO)C(O)/C=C/CCCCCCCCCCC. The van der Waals surface area contributed by atoms with Crippen molar-refractivity contribution in [3.05, 3.63) is 36.5 Å². The molecule has 6 nitrogen and oxygen atoms in total. The minimum atomic E-state index is -0.840. The zero-order valence-corrected chi connectivity index (χ0v) is 54.1. The van der Waals surface area contributed by atoms with E-state index in [1.807, 2.05) is 6.08 Å². The van der Waals surface area contributed by atoms with Crippen LogP contribution in [0.3, 0.4) is 0 Å². The second-order valence-corrected chi connectivity index (χ2v) is 24.9. The molecule has 3 N–H and O–H groups in total. The highest BCUT2D eigenvalue weighted by atomic mass is 16.5. The second kappa shape index (κ2) is 69.6. The molecule has 0 aliphatic carbocycles. The zero-order chi connectivity index (χ0) is 57.8. The van der Waals surface area contributed by atoms with Gasteiger partial charge in [-0.1, -0.05) is 339 Å². The number of amides is 1. The van der Waals surface area contributed by atoms with Gasteiger partial charge < -0.3 is 20.3 Å². The van der Waals surface area contributed by atoms with Gasteiger partial charge >= 0.3 is 5.97 Å². The van der Waals surface area contributed by atoms with Gasteiger partial charge in [0, 0.05) is 12.8 Å². The standard InChI is InChI=1S/C74H141NO5/c1-3-5-7-9-11-13-15-16-17-37-41-44-48-52-56-60-64-68-74(79)80-69-65-61-57-53-49-45-42-39-36-34-32-30-28-26-24-22-20-18-19-21-23-25-27-29-31-33-35-38-40-43-47-51-55-59-63-67-73(78)75-71(70-76)72(77)66-62-58-54-50-46-14-12-10-8-6-4-2/h16-17,20,22,62,66,71-72,76-77H,3-15,18-19,21,23-61,63-65,67-70H2,1-2H3,(H,75,78)/b17-16-,22-20-,66-62+. The van der Waals surface area contributed by atoms with Crippen LogP contribution in [0.2, 0.25) is 0 Å². The summed E-state index contributed by atoms with van der Waals surface area (Å²) in [5.41, 5.74) is 0. The smallest absolute Gasteiger partial charge is 0.305 e. The van der Waals surface area contributed by atoms with E-state index in [0.717, 1.165) is 44.9 Å². The lowest BCUT2D eigenvalue weighted by Crippen LogP contribution is -2.45. The molecular formula is C74H141NO5. The second-order valence-electron chi connectivity index (χ2n) is 24.9. The topological polar surface area (TPSA) is 95.9 Å². The molecule has 0 heterocycles. The molecule has 6 heteroatoms. The van der Waals surface area contributed by atoms with Crippen molar-refractivity contribution in [2.24, 2.45) is 0 Å². The van der Waals surface area contributed by atoms with E-state index >= 15 is 0 Å². The Labute approximate surface area is 500 Å². The van der Waals surface area contributed by atoms with E-state index in [9.17, 15) is 19.8 Å². The summed E-state index contributed by atoms with van der Waals surface area (Å²) in [7, 11) is 0. The molecule has 0 fully saturated rings. The normalized spacial score (nSPS) is 12.7. The maximum atomic E-state index is 12.4. The van der Waals surface area contributed by atoms with Crippen molar-refractivity contribution >= 4 is 11.9 Å². The van der Waals surface area contributed by atoms with Crippen LogP contribution in [0, 0.1) is 0 Å². The third-order valence-electron chi connectivity index (χ3n) is 16.9. The highest BCUT2D eigenvalue weighted by Crippen LogP contribution is 2.18. The van der Waals surface area contributed by atoms with Crippen LogP contribution in [0.1, 0.15) is 399 Å². The predicted molar refractivity (Wildman–Crippen MR) is 352 cm³/mol. The van der Waals surface area contributed by atoms with Crippen molar-refractivity contribution in [2.45, 2.75) is 411 Å². The number of nitrogens with one attached hydrogen (secondary N) is 1. The summed E-state index contributed by atoms with van der Waals surface area (Å²) in [4.78, 5) is 24.5. The average molecular weight is 1120 g/mol. The first-order valence-electron chi connectivity index (χ1n) is 36.3. The summed E-state index contributed by atoms with van der Waals surface area (Å²) in [5, 5.41) is 23.1. The number of ether oxygens (including phenoxy) is 1.